The number of benzene rings is 1. The number of ether oxygens (including phenoxy) is 2. The van der Waals surface area contributed by atoms with Crippen molar-refractivity contribution in [1.82, 2.24) is 10.2 Å². The highest BCUT2D eigenvalue weighted by Crippen LogP contribution is 2.21. The second kappa shape index (κ2) is 7.57. The van der Waals surface area contributed by atoms with E-state index in [9.17, 15) is 4.39 Å². The smallest absolute Gasteiger partial charge is 0.165 e. The molecule has 1 heterocycles. The first-order valence-electron chi connectivity index (χ1n) is 7.10. The van der Waals surface area contributed by atoms with Gasteiger partial charge in [-0.2, -0.15) is 0 Å². The Morgan fingerprint density at radius 1 is 1.40 bits per heavy atom. The van der Waals surface area contributed by atoms with Crippen LogP contribution in [0.15, 0.2) is 18.2 Å². The molecule has 0 amide bonds. The summed E-state index contributed by atoms with van der Waals surface area (Å²) < 4.78 is 24.7. The third-order valence-electron chi connectivity index (χ3n) is 3.66. The minimum atomic E-state index is -0.299. The Bertz CT molecular complexity index is 422. The van der Waals surface area contributed by atoms with Crippen LogP contribution >= 0.6 is 0 Å². The molecule has 0 spiro atoms. The van der Waals surface area contributed by atoms with Crippen LogP contribution in [0.3, 0.4) is 0 Å². The summed E-state index contributed by atoms with van der Waals surface area (Å²) in [6.07, 6.45) is 0. The summed E-state index contributed by atoms with van der Waals surface area (Å²) in [5, 5.41) is 3.09. The zero-order chi connectivity index (χ0) is 14.4. The molecular weight excluding hydrogens is 259 g/mol. The van der Waals surface area contributed by atoms with Crippen molar-refractivity contribution in [2.45, 2.75) is 13.0 Å². The van der Waals surface area contributed by atoms with Gasteiger partial charge in [0.15, 0.2) is 11.6 Å². The second-order valence-electron chi connectivity index (χ2n) is 5.00. The van der Waals surface area contributed by atoms with E-state index in [-0.39, 0.29) is 11.9 Å². The lowest BCUT2D eigenvalue weighted by Gasteiger charge is -2.26. The average Bonchev–Trinajstić information content (AvgIpc) is 2.49. The largest absolute Gasteiger partial charge is 0.489 e. The fraction of sp³-hybridized carbons (Fsp3) is 0.600. The molecule has 1 saturated heterocycles. The van der Waals surface area contributed by atoms with Crippen LogP contribution in [0.2, 0.25) is 0 Å². The first kappa shape index (κ1) is 15.2. The minimum Gasteiger partial charge on any atom is -0.489 e. The summed E-state index contributed by atoms with van der Waals surface area (Å²) in [7, 11) is 1.86. The third-order valence-corrected chi connectivity index (χ3v) is 3.66. The molecule has 1 aromatic carbocycles. The number of hydrogen-bond donors (Lipinski definition) is 1. The van der Waals surface area contributed by atoms with Gasteiger partial charge in [0.1, 0.15) is 6.61 Å². The summed E-state index contributed by atoms with van der Waals surface area (Å²) in [6.45, 7) is 6.67. The predicted molar refractivity (Wildman–Crippen MR) is 76.6 cm³/mol. The average molecular weight is 282 g/mol. The van der Waals surface area contributed by atoms with Crippen LogP contribution in [0, 0.1) is 5.82 Å². The molecule has 4 nitrogen and oxygen atoms in total. The fourth-order valence-corrected chi connectivity index (χ4v) is 2.18. The normalized spacial score (nSPS) is 17.9. The lowest BCUT2D eigenvalue weighted by atomic mass is 10.1. The van der Waals surface area contributed by atoms with Gasteiger partial charge in [0.05, 0.1) is 13.2 Å². The van der Waals surface area contributed by atoms with Gasteiger partial charge in [-0.3, -0.25) is 4.90 Å². The van der Waals surface area contributed by atoms with E-state index in [0.717, 1.165) is 38.4 Å². The van der Waals surface area contributed by atoms with Gasteiger partial charge in [-0.05, 0) is 31.7 Å². The predicted octanol–water partition coefficient (Wildman–Crippen LogP) is 1.82. The molecule has 0 bridgehead atoms. The zero-order valence-electron chi connectivity index (χ0n) is 12.2. The van der Waals surface area contributed by atoms with Crippen LogP contribution in [0.25, 0.3) is 0 Å². The van der Waals surface area contributed by atoms with Crippen molar-refractivity contribution in [1.29, 1.82) is 0 Å². The zero-order valence-corrected chi connectivity index (χ0v) is 12.2. The van der Waals surface area contributed by atoms with Gasteiger partial charge in [0.25, 0.3) is 0 Å². The maximum atomic E-state index is 13.9. The number of nitrogens with zero attached hydrogens (tertiary/aromatic N) is 1. The maximum absolute atomic E-state index is 13.9. The van der Waals surface area contributed by atoms with Gasteiger partial charge < -0.3 is 14.8 Å². The SMILES string of the molecule is CNC(C)c1ccc(OCCN2CCOCC2)c(F)c1. The van der Waals surface area contributed by atoms with Crippen molar-refractivity contribution < 1.29 is 13.9 Å². The number of halogens is 1. The Labute approximate surface area is 119 Å². The quantitative estimate of drug-likeness (QED) is 0.863. The summed E-state index contributed by atoms with van der Waals surface area (Å²) in [5.41, 5.74) is 0.922. The van der Waals surface area contributed by atoms with Crippen molar-refractivity contribution in [2.24, 2.45) is 0 Å². The van der Waals surface area contributed by atoms with Gasteiger partial charge in [0, 0.05) is 25.7 Å². The fourth-order valence-electron chi connectivity index (χ4n) is 2.18. The molecule has 1 fully saturated rings. The van der Waals surface area contributed by atoms with Gasteiger partial charge in [-0.1, -0.05) is 6.07 Å². The lowest BCUT2D eigenvalue weighted by Crippen LogP contribution is -2.38. The van der Waals surface area contributed by atoms with Crippen LogP contribution < -0.4 is 10.1 Å². The van der Waals surface area contributed by atoms with Gasteiger partial charge in [-0.25, -0.2) is 4.39 Å². The molecule has 0 saturated carbocycles. The molecule has 0 aliphatic carbocycles. The van der Waals surface area contributed by atoms with E-state index in [2.05, 4.69) is 10.2 Å². The molecule has 1 atom stereocenters. The third kappa shape index (κ3) is 4.16. The Balaban J connectivity index is 1.83. The highest BCUT2D eigenvalue weighted by Gasteiger charge is 2.11. The molecule has 1 N–H and O–H groups in total. The van der Waals surface area contributed by atoms with E-state index in [1.165, 1.54) is 6.07 Å². The molecule has 5 heteroatoms. The summed E-state index contributed by atoms with van der Waals surface area (Å²) in [5.74, 6) is 0.0249. The van der Waals surface area contributed by atoms with Crippen molar-refractivity contribution in [3.63, 3.8) is 0 Å². The van der Waals surface area contributed by atoms with Crippen molar-refractivity contribution in [2.75, 3.05) is 46.5 Å². The number of hydrogen-bond acceptors (Lipinski definition) is 4. The van der Waals surface area contributed by atoms with Crippen LogP contribution in [-0.4, -0.2) is 51.4 Å². The summed E-state index contributed by atoms with van der Waals surface area (Å²) >= 11 is 0. The van der Waals surface area contributed by atoms with Crippen molar-refractivity contribution in [3.8, 4) is 5.75 Å². The van der Waals surface area contributed by atoms with Crippen molar-refractivity contribution in [3.05, 3.63) is 29.6 Å². The second-order valence-corrected chi connectivity index (χ2v) is 5.00. The first-order valence-corrected chi connectivity index (χ1v) is 7.10. The molecule has 1 aliphatic heterocycles. The number of morpholine rings is 1. The van der Waals surface area contributed by atoms with Crippen molar-refractivity contribution >= 4 is 0 Å². The monoisotopic (exact) mass is 282 g/mol. The molecule has 0 aromatic heterocycles. The Morgan fingerprint density at radius 3 is 2.80 bits per heavy atom. The van der Waals surface area contributed by atoms with E-state index >= 15 is 0 Å². The molecule has 112 valence electrons. The van der Waals surface area contributed by atoms with E-state index in [1.54, 1.807) is 6.07 Å². The van der Waals surface area contributed by atoms with E-state index in [1.807, 2.05) is 20.0 Å². The standard InChI is InChI=1S/C15H23FN2O2/c1-12(17-2)13-3-4-15(14(16)11-13)20-10-7-18-5-8-19-9-6-18/h3-4,11-12,17H,5-10H2,1-2H3. The highest BCUT2D eigenvalue weighted by atomic mass is 19.1. The number of rotatable bonds is 6. The van der Waals surface area contributed by atoms with Crippen LogP contribution in [0.1, 0.15) is 18.5 Å². The molecule has 1 aliphatic rings. The Kier molecular flexibility index (Phi) is 5.76. The summed E-state index contributed by atoms with van der Waals surface area (Å²) in [6, 6.07) is 5.27. The Morgan fingerprint density at radius 2 is 2.15 bits per heavy atom. The van der Waals surface area contributed by atoms with Crippen LogP contribution in [0.5, 0.6) is 5.75 Å². The minimum absolute atomic E-state index is 0.131. The first-order chi connectivity index (χ1) is 9.70. The molecule has 1 unspecified atom stereocenters. The topological polar surface area (TPSA) is 33.7 Å². The van der Waals surface area contributed by atoms with Gasteiger partial charge in [0.2, 0.25) is 0 Å². The lowest BCUT2D eigenvalue weighted by molar-refractivity contribution is 0.0320. The van der Waals surface area contributed by atoms with E-state index in [4.69, 9.17) is 9.47 Å². The van der Waals surface area contributed by atoms with E-state index < -0.39 is 0 Å². The summed E-state index contributed by atoms with van der Waals surface area (Å²) in [4.78, 5) is 2.26. The van der Waals surface area contributed by atoms with E-state index in [0.29, 0.717) is 12.4 Å². The number of nitrogens with one attached hydrogen (secondary N) is 1. The van der Waals surface area contributed by atoms with Crippen LogP contribution in [-0.2, 0) is 4.74 Å². The molecule has 1 aromatic rings. The molecule has 0 radical (unpaired) electrons. The Hall–Kier alpha value is -1.17. The highest BCUT2D eigenvalue weighted by molar-refractivity contribution is 5.30. The van der Waals surface area contributed by atoms with Gasteiger partial charge >= 0.3 is 0 Å². The van der Waals surface area contributed by atoms with Gasteiger partial charge in [-0.15, -0.1) is 0 Å². The maximum Gasteiger partial charge on any atom is 0.165 e. The molecule has 2 rings (SSSR count). The molecular formula is C15H23FN2O2. The van der Waals surface area contributed by atoms with Crippen LogP contribution in [0.4, 0.5) is 4.39 Å². The molecule has 20 heavy (non-hydrogen) atoms.